The number of aliphatic carboxylic acids is 1. The van der Waals surface area contributed by atoms with Crippen molar-refractivity contribution in [1.82, 2.24) is 4.90 Å². The van der Waals surface area contributed by atoms with Crippen molar-refractivity contribution < 1.29 is 29.0 Å². The van der Waals surface area contributed by atoms with Crippen molar-refractivity contribution in [2.45, 2.75) is 18.9 Å². The van der Waals surface area contributed by atoms with Gasteiger partial charge in [0.25, 0.3) is 0 Å². The third-order valence-electron chi connectivity index (χ3n) is 5.54. The molecule has 0 radical (unpaired) electrons. The first-order valence-corrected chi connectivity index (χ1v) is 12.0. The average Bonchev–Trinajstić information content (AvgIpc) is 2.84. The van der Waals surface area contributed by atoms with E-state index in [0.29, 0.717) is 40.4 Å². The molecule has 1 aliphatic heterocycles. The highest BCUT2D eigenvalue weighted by Gasteiger charge is 2.34. The maximum Gasteiger partial charge on any atom is 0.327 e. The zero-order valence-electron chi connectivity index (χ0n) is 19.0. The van der Waals surface area contributed by atoms with Crippen LogP contribution in [0.25, 0.3) is 0 Å². The summed E-state index contributed by atoms with van der Waals surface area (Å²) in [5, 5.41) is 9.92. The lowest BCUT2D eigenvalue weighted by Crippen LogP contribution is -2.40. The van der Waals surface area contributed by atoms with Gasteiger partial charge in [0.1, 0.15) is 11.8 Å². The van der Waals surface area contributed by atoms with Gasteiger partial charge in [0.2, 0.25) is 0 Å². The molecule has 180 valence electrons. The molecule has 0 saturated heterocycles. The molecule has 1 heterocycles. The molecule has 0 aromatic heterocycles. The fourth-order valence-corrected chi connectivity index (χ4v) is 5.17. The lowest BCUT2D eigenvalue weighted by atomic mass is 10.00. The van der Waals surface area contributed by atoms with Crippen molar-refractivity contribution in [1.29, 1.82) is 0 Å². The summed E-state index contributed by atoms with van der Waals surface area (Å²) in [6.07, 6.45) is 0.333. The van der Waals surface area contributed by atoms with Crippen molar-refractivity contribution in [2.75, 3.05) is 33.1 Å². The number of rotatable bonds is 10. The SMILES string of the molecule is COC(=O)[C@H](c1ccccc1Cl)N1CCC(SCC(=O)c2cccc(OC)c2)=C(CC(=O)O)C1. The molecule has 2 aromatic carbocycles. The lowest BCUT2D eigenvalue weighted by Gasteiger charge is -2.35. The van der Waals surface area contributed by atoms with Gasteiger partial charge in [-0.05, 0) is 40.7 Å². The van der Waals surface area contributed by atoms with Gasteiger partial charge in [-0.3, -0.25) is 14.5 Å². The van der Waals surface area contributed by atoms with Crippen molar-refractivity contribution >= 4 is 41.1 Å². The second kappa shape index (κ2) is 12.1. The molecule has 0 aliphatic carbocycles. The Bertz CT molecular complexity index is 1100. The molecule has 3 rings (SSSR count). The first kappa shape index (κ1) is 25.8. The number of benzene rings is 2. The Balaban J connectivity index is 1.81. The minimum Gasteiger partial charge on any atom is -0.497 e. The summed E-state index contributed by atoms with van der Waals surface area (Å²) in [4.78, 5) is 39.7. The fraction of sp³-hybridized carbons (Fsp3) is 0.320. The highest BCUT2D eigenvalue weighted by atomic mass is 35.5. The molecule has 1 atom stereocenters. The van der Waals surface area contributed by atoms with Crippen LogP contribution in [0.3, 0.4) is 0 Å². The third-order valence-corrected chi connectivity index (χ3v) is 7.13. The number of halogens is 1. The summed E-state index contributed by atoms with van der Waals surface area (Å²) in [6, 6.07) is 13.2. The number of thioether (sulfide) groups is 1. The van der Waals surface area contributed by atoms with E-state index < -0.39 is 18.0 Å². The summed E-state index contributed by atoms with van der Waals surface area (Å²) in [5.41, 5.74) is 1.81. The monoisotopic (exact) mass is 503 g/mol. The van der Waals surface area contributed by atoms with E-state index in [-0.39, 0.29) is 24.5 Å². The zero-order chi connectivity index (χ0) is 24.7. The van der Waals surface area contributed by atoms with Crippen LogP contribution in [-0.4, -0.2) is 60.8 Å². The standard InChI is InChI=1S/C25H26ClNO6S/c1-32-18-7-5-6-16(12-18)21(28)15-34-22-10-11-27(14-17(22)13-23(29)30)24(25(31)33-2)19-8-3-4-9-20(19)26/h3-9,12,24H,10-11,13-15H2,1-2H3,(H,29,30)/t24-/m0/s1. The van der Waals surface area contributed by atoms with Gasteiger partial charge in [-0.25, -0.2) is 4.79 Å². The van der Waals surface area contributed by atoms with Crippen molar-refractivity contribution in [2.24, 2.45) is 0 Å². The predicted octanol–water partition coefficient (Wildman–Crippen LogP) is 4.61. The number of ketones is 1. The summed E-state index contributed by atoms with van der Waals surface area (Å²) < 4.78 is 10.2. The van der Waals surface area contributed by atoms with Crippen LogP contribution < -0.4 is 4.74 Å². The van der Waals surface area contributed by atoms with Crippen LogP contribution in [-0.2, 0) is 14.3 Å². The number of carbonyl (C=O) groups excluding carboxylic acids is 2. The molecule has 0 bridgehead atoms. The molecule has 34 heavy (non-hydrogen) atoms. The van der Waals surface area contributed by atoms with Crippen molar-refractivity contribution in [3.05, 3.63) is 75.2 Å². The Hall–Kier alpha value is -2.81. The summed E-state index contributed by atoms with van der Waals surface area (Å²) in [5.74, 6) is -0.731. The van der Waals surface area contributed by atoms with Crippen LogP contribution in [0.5, 0.6) is 5.75 Å². The number of hydrogen-bond acceptors (Lipinski definition) is 7. The van der Waals surface area contributed by atoms with E-state index in [1.54, 1.807) is 55.6 Å². The lowest BCUT2D eigenvalue weighted by molar-refractivity contribution is -0.147. The third kappa shape index (κ3) is 6.40. The molecular formula is C25H26ClNO6S. The highest BCUT2D eigenvalue weighted by molar-refractivity contribution is 8.03. The van der Waals surface area contributed by atoms with E-state index in [1.807, 2.05) is 4.90 Å². The number of carboxylic acids is 1. The molecule has 9 heteroatoms. The number of ether oxygens (including phenoxy) is 2. The highest BCUT2D eigenvalue weighted by Crippen LogP contribution is 2.36. The minimum absolute atomic E-state index is 0.0722. The van der Waals surface area contributed by atoms with Gasteiger partial charge in [0.15, 0.2) is 5.78 Å². The number of methoxy groups -OCH3 is 2. The zero-order valence-corrected chi connectivity index (χ0v) is 20.5. The Morgan fingerprint density at radius 2 is 1.91 bits per heavy atom. The number of hydrogen-bond donors (Lipinski definition) is 1. The van der Waals surface area contributed by atoms with E-state index in [9.17, 15) is 19.5 Å². The molecule has 7 nitrogen and oxygen atoms in total. The second-order valence-electron chi connectivity index (χ2n) is 7.71. The Kier molecular flexibility index (Phi) is 9.15. The molecule has 0 unspecified atom stereocenters. The molecular weight excluding hydrogens is 478 g/mol. The van der Waals surface area contributed by atoms with Gasteiger partial charge < -0.3 is 14.6 Å². The summed E-state index contributed by atoms with van der Waals surface area (Å²) in [6.45, 7) is 0.747. The number of carboxylic acid groups (broad SMARTS) is 1. The minimum atomic E-state index is -0.971. The van der Waals surface area contributed by atoms with Crippen LogP contribution in [0.1, 0.15) is 34.8 Å². The van der Waals surface area contributed by atoms with E-state index >= 15 is 0 Å². The molecule has 0 fully saturated rings. The number of Topliss-reactive ketones (excluding diaryl/α,β-unsaturated/α-hetero) is 1. The number of carbonyl (C=O) groups is 3. The maximum absolute atomic E-state index is 12.7. The van der Waals surface area contributed by atoms with E-state index in [4.69, 9.17) is 21.1 Å². The maximum atomic E-state index is 12.7. The average molecular weight is 504 g/mol. The van der Waals surface area contributed by atoms with Crippen molar-refractivity contribution in [3.63, 3.8) is 0 Å². The number of nitrogens with zero attached hydrogens (tertiary/aromatic N) is 1. The van der Waals surface area contributed by atoms with Gasteiger partial charge in [-0.1, -0.05) is 41.9 Å². The summed E-state index contributed by atoms with van der Waals surface area (Å²) in [7, 11) is 2.86. The predicted molar refractivity (Wildman–Crippen MR) is 131 cm³/mol. The van der Waals surface area contributed by atoms with E-state index in [0.717, 1.165) is 4.91 Å². The molecule has 0 amide bonds. The summed E-state index contributed by atoms with van der Waals surface area (Å²) >= 11 is 7.71. The van der Waals surface area contributed by atoms with Gasteiger partial charge in [-0.15, -0.1) is 11.8 Å². The Morgan fingerprint density at radius 3 is 2.59 bits per heavy atom. The van der Waals surface area contributed by atoms with Crippen LogP contribution >= 0.6 is 23.4 Å². The largest absolute Gasteiger partial charge is 0.497 e. The van der Waals surface area contributed by atoms with Gasteiger partial charge >= 0.3 is 11.9 Å². The Labute approximate surface area is 207 Å². The fourth-order valence-electron chi connectivity index (χ4n) is 3.88. The van der Waals surface area contributed by atoms with Gasteiger partial charge in [-0.2, -0.15) is 0 Å². The normalized spacial score (nSPS) is 15.0. The van der Waals surface area contributed by atoms with Crippen LogP contribution in [0, 0.1) is 0 Å². The molecule has 2 aromatic rings. The molecule has 0 spiro atoms. The Morgan fingerprint density at radius 1 is 1.15 bits per heavy atom. The topological polar surface area (TPSA) is 93.1 Å². The van der Waals surface area contributed by atoms with Crippen LogP contribution in [0.4, 0.5) is 0 Å². The first-order valence-electron chi connectivity index (χ1n) is 10.6. The quantitative estimate of drug-likeness (QED) is 0.371. The smallest absolute Gasteiger partial charge is 0.327 e. The second-order valence-corrected chi connectivity index (χ2v) is 9.19. The van der Waals surface area contributed by atoms with E-state index in [1.165, 1.54) is 18.9 Å². The van der Waals surface area contributed by atoms with Gasteiger partial charge in [0.05, 0.1) is 26.4 Å². The first-order chi connectivity index (χ1) is 16.3. The molecule has 1 aliphatic rings. The molecule has 0 saturated carbocycles. The molecule has 1 N–H and O–H groups in total. The van der Waals surface area contributed by atoms with Crippen molar-refractivity contribution in [3.8, 4) is 5.75 Å². The van der Waals surface area contributed by atoms with Crippen LogP contribution in [0.2, 0.25) is 5.02 Å². The van der Waals surface area contributed by atoms with Gasteiger partial charge in [0, 0.05) is 23.7 Å². The van der Waals surface area contributed by atoms with Crippen LogP contribution in [0.15, 0.2) is 59.0 Å². The van der Waals surface area contributed by atoms with E-state index in [2.05, 4.69) is 0 Å². The number of esters is 1.